The van der Waals surface area contributed by atoms with Gasteiger partial charge in [0.2, 0.25) is 0 Å². The fourth-order valence-corrected chi connectivity index (χ4v) is 0.258. The van der Waals surface area contributed by atoms with Crippen molar-refractivity contribution in [2.45, 2.75) is 26.1 Å². The van der Waals surface area contributed by atoms with Crippen LogP contribution in [0, 0.1) is 0 Å². The lowest BCUT2D eigenvalue weighted by atomic mass is 10.3. The first-order valence-corrected chi connectivity index (χ1v) is 4.11. The first-order valence-electron chi connectivity index (χ1n) is 3.26. The number of rotatable bonds is 3. The van der Waals surface area contributed by atoms with Crippen molar-refractivity contribution < 1.29 is 10.2 Å². The molecule has 0 aromatic heterocycles. The van der Waals surface area contributed by atoms with Gasteiger partial charge in [-0.25, -0.2) is 0 Å². The van der Waals surface area contributed by atoms with E-state index in [1.807, 2.05) is 6.92 Å². The molecule has 2 N–H and O–H groups in total. The second-order valence-electron chi connectivity index (χ2n) is 1.81. The third-order valence-corrected chi connectivity index (χ3v) is 1.07. The molecule has 0 bridgehead atoms. The summed E-state index contributed by atoms with van der Waals surface area (Å²) in [6, 6.07) is 0. The Bertz CT molecular complexity index is 113. The topological polar surface area (TPSA) is 40.5 Å². The van der Waals surface area contributed by atoms with Gasteiger partial charge >= 0.3 is 0 Å². The van der Waals surface area contributed by atoms with E-state index in [-0.39, 0.29) is 0 Å². The summed E-state index contributed by atoms with van der Waals surface area (Å²) in [7, 11) is 0. The summed E-state index contributed by atoms with van der Waals surface area (Å²) in [5.41, 5.74) is 0. The Morgan fingerprint density at radius 3 is 2.09 bits per heavy atom. The van der Waals surface area contributed by atoms with Crippen LogP contribution in [0.15, 0.2) is 12.7 Å². The highest BCUT2D eigenvalue weighted by Gasteiger charge is 1.89. The van der Waals surface area contributed by atoms with E-state index in [1.165, 1.54) is 6.08 Å². The predicted octanol–water partition coefficient (Wildman–Crippen LogP) is 1.53. The van der Waals surface area contributed by atoms with Crippen LogP contribution in [0.2, 0.25) is 0 Å². The van der Waals surface area contributed by atoms with E-state index in [0.29, 0.717) is 10.6 Å². The molecule has 0 spiro atoms. The lowest BCUT2D eigenvalue weighted by molar-refractivity contribution is -0.0453. The number of hydrogen-bond acceptors (Lipinski definition) is 3. The monoisotopic (exact) mass is 194 g/mol. The second-order valence-corrected chi connectivity index (χ2v) is 3.04. The third kappa shape index (κ3) is 25.5. The van der Waals surface area contributed by atoms with Gasteiger partial charge in [-0.2, -0.15) is 0 Å². The highest BCUT2D eigenvalue weighted by Crippen LogP contribution is 1.88. The van der Waals surface area contributed by atoms with Crippen molar-refractivity contribution in [3.8, 4) is 0 Å². The number of aliphatic hydroxyl groups is 2. The largest absolute Gasteiger partial charge is 0.368 e. The molecular formula is C7H14O2S2. The Morgan fingerprint density at radius 2 is 2.09 bits per heavy atom. The molecule has 0 aromatic rings. The molecule has 0 aliphatic carbocycles. The first kappa shape index (κ1) is 13.7. The predicted molar refractivity (Wildman–Crippen MR) is 54.9 cm³/mol. The minimum atomic E-state index is -1.10. The van der Waals surface area contributed by atoms with E-state index in [0.717, 1.165) is 6.42 Å². The van der Waals surface area contributed by atoms with Crippen molar-refractivity contribution in [3.63, 3.8) is 0 Å². The Labute approximate surface area is 78.3 Å². The fourth-order valence-electron chi connectivity index (χ4n) is 0.258. The highest BCUT2D eigenvalue weighted by atomic mass is 32.1. The summed E-state index contributed by atoms with van der Waals surface area (Å²) in [5.74, 6) is 0. The van der Waals surface area contributed by atoms with E-state index in [4.69, 9.17) is 10.2 Å². The molecule has 0 rings (SSSR count). The Morgan fingerprint density at radius 1 is 1.73 bits per heavy atom. The lowest BCUT2D eigenvalue weighted by Gasteiger charge is -1.94. The molecule has 0 heterocycles. The van der Waals surface area contributed by atoms with Crippen molar-refractivity contribution in [1.29, 1.82) is 0 Å². The maximum absolute atomic E-state index is 8.11. The summed E-state index contributed by atoms with van der Waals surface area (Å²) >= 11 is 8.15. The van der Waals surface area contributed by atoms with Crippen molar-refractivity contribution in [3.05, 3.63) is 12.7 Å². The normalized spacial score (nSPS) is 8.45. The number of thiocarbonyl (C=S) groups is 1. The molecule has 0 aromatic carbocycles. The molecule has 0 fully saturated rings. The van der Waals surface area contributed by atoms with Crippen LogP contribution in [0.4, 0.5) is 0 Å². The van der Waals surface area contributed by atoms with Gasteiger partial charge in [0.1, 0.15) is 0 Å². The minimum Gasteiger partial charge on any atom is -0.368 e. The maximum atomic E-state index is 8.11. The van der Waals surface area contributed by atoms with Gasteiger partial charge in [0.15, 0.2) is 6.29 Å². The van der Waals surface area contributed by atoms with Crippen LogP contribution in [0.1, 0.15) is 19.8 Å². The van der Waals surface area contributed by atoms with Crippen LogP contribution in [-0.4, -0.2) is 20.7 Å². The molecule has 0 unspecified atom stereocenters. The summed E-state index contributed by atoms with van der Waals surface area (Å²) in [6.45, 7) is 5.24. The van der Waals surface area contributed by atoms with Crippen LogP contribution in [0.25, 0.3) is 0 Å². The standard InChI is InChI=1S/C4H10O2.C3H4S2/c1-2-3-4(5)6;1-2-3(4)5/h4-6H,2-3H2,1H3;2H,1H2,(H,4,5). The molecule has 4 heteroatoms. The first-order chi connectivity index (χ1) is 5.04. The Kier molecular flexibility index (Phi) is 12.6. The van der Waals surface area contributed by atoms with Gasteiger partial charge in [0.05, 0.1) is 4.20 Å². The van der Waals surface area contributed by atoms with E-state index >= 15 is 0 Å². The molecule has 2 nitrogen and oxygen atoms in total. The van der Waals surface area contributed by atoms with Crippen LogP contribution in [0.5, 0.6) is 0 Å². The van der Waals surface area contributed by atoms with Crippen LogP contribution in [-0.2, 0) is 0 Å². The van der Waals surface area contributed by atoms with Crippen LogP contribution < -0.4 is 0 Å². The molecule has 66 valence electrons. The lowest BCUT2D eigenvalue weighted by Crippen LogP contribution is -2.01. The molecule has 0 saturated heterocycles. The van der Waals surface area contributed by atoms with E-state index in [2.05, 4.69) is 31.4 Å². The van der Waals surface area contributed by atoms with Crippen molar-refractivity contribution in [2.24, 2.45) is 0 Å². The van der Waals surface area contributed by atoms with Gasteiger partial charge in [-0.15, -0.1) is 12.6 Å². The zero-order valence-electron chi connectivity index (χ0n) is 6.53. The smallest absolute Gasteiger partial charge is 0.151 e. The van der Waals surface area contributed by atoms with Gasteiger partial charge in [-0.3, -0.25) is 0 Å². The molecule has 0 aliphatic rings. The minimum absolute atomic E-state index is 0.486. The summed E-state index contributed by atoms with van der Waals surface area (Å²) in [6.07, 6.45) is 1.73. The van der Waals surface area contributed by atoms with Gasteiger partial charge < -0.3 is 10.2 Å². The zero-order chi connectivity index (χ0) is 9.28. The zero-order valence-corrected chi connectivity index (χ0v) is 8.24. The highest BCUT2D eigenvalue weighted by molar-refractivity contribution is 8.11. The molecule has 0 saturated carbocycles. The fraction of sp³-hybridized carbons (Fsp3) is 0.571. The van der Waals surface area contributed by atoms with E-state index in [9.17, 15) is 0 Å². The molecule has 0 amide bonds. The molecule has 0 atom stereocenters. The van der Waals surface area contributed by atoms with Crippen molar-refractivity contribution in [1.82, 2.24) is 0 Å². The van der Waals surface area contributed by atoms with E-state index < -0.39 is 6.29 Å². The van der Waals surface area contributed by atoms with Gasteiger partial charge in [-0.1, -0.05) is 32.1 Å². The van der Waals surface area contributed by atoms with Gasteiger partial charge in [0, 0.05) is 0 Å². The SMILES string of the molecule is C=CC(=S)S.CCCC(O)O. The van der Waals surface area contributed by atoms with Crippen molar-refractivity contribution >= 4 is 29.0 Å². The maximum Gasteiger partial charge on any atom is 0.151 e. The van der Waals surface area contributed by atoms with Crippen LogP contribution in [0.3, 0.4) is 0 Å². The third-order valence-electron chi connectivity index (χ3n) is 0.721. The average Bonchev–Trinajstić information content (AvgIpc) is 1.89. The summed E-state index contributed by atoms with van der Waals surface area (Å²) < 4.78 is 0.546. The quantitative estimate of drug-likeness (QED) is 0.276. The molecular weight excluding hydrogens is 180 g/mol. The number of thiol groups is 1. The average molecular weight is 194 g/mol. The molecule has 0 aliphatic heterocycles. The number of hydrogen-bond donors (Lipinski definition) is 3. The summed E-state index contributed by atoms with van der Waals surface area (Å²) in [4.78, 5) is 0. The Hall–Kier alpha value is 0.1000. The Balaban J connectivity index is 0. The van der Waals surface area contributed by atoms with E-state index in [1.54, 1.807) is 0 Å². The van der Waals surface area contributed by atoms with Gasteiger partial charge in [-0.05, 0) is 12.5 Å². The van der Waals surface area contributed by atoms with Gasteiger partial charge in [0.25, 0.3) is 0 Å². The summed E-state index contributed by atoms with van der Waals surface area (Å²) in [5, 5.41) is 16.2. The molecule has 0 radical (unpaired) electrons. The molecule has 11 heavy (non-hydrogen) atoms. The second kappa shape index (κ2) is 10.1. The van der Waals surface area contributed by atoms with Crippen molar-refractivity contribution in [2.75, 3.05) is 0 Å². The number of aliphatic hydroxyl groups excluding tert-OH is 1. The van der Waals surface area contributed by atoms with Crippen LogP contribution >= 0.6 is 24.8 Å².